The van der Waals surface area contributed by atoms with E-state index in [9.17, 15) is 10.0 Å². The van der Waals surface area contributed by atoms with Crippen molar-refractivity contribution in [3.8, 4) is 11.1 Å². The molecular weight excluding hydrogens is 339 g/mol. The van der Waals surface area contributed by atoms with Gasteiger partial charge in [-0.2, -0.15) is 0 Å². The van der Waals surface area contributed by atoms with Crippen molar-refractivity contribution in [1.82, 2.24) is 0 Å². The summed E-state index contributed by atoms with van der Waals surface area (Å²) >= 11 is 1.78. The molecule has 1 heterocycles. The first-order chi connectivity index (χ1) is 12.7. The average molecular weight is 354 g/mol. The summed E-state index contributed by atoms with van der Waals surface area (Å²) in [5.74, 6) is 0. The second-order valence-corrected chi connectivity index (χ2v) is 7.49. The topological polar surface area (TPSA) is 40.5 Å². The third-order valence-electron chi connectivity index (χ3n) is 4.89. The normalized spacial score (nSPS) is 11.5. The van der Waals surface area contributed by atoms with Crippen LogP contribution in [0.2, 0.25) is 0 Å². The van der Waals surface area contributed by atoms with Crippen molar-refractivity contribution in [1.29, 1.82) is 0 Å². The Balaban J connectivity index is 1.85. The fourth-order valence-electron chi connectivity index (χ4n) is 3.68. The standard InChI is InChI=1S/C22H15BO2S/c24-23(25)20-13-15(12-14-6-1-2-7-16(14)20)17-9-5-10-19-18-8-3-4-11-21(18)26-22(17)19/h1-13,24-25H. The van der Waals surface area contributed by atoms with Crippen LogP contribution in [0.4, 0.5) is 0 Å². The number of thiophene rings is 1. The van der Waals surface area contributed by atoms with Crippen LogP contribution in [0.25, 0.3) is 42.1 Å². The summed E-state index contributed by atoms with van der Waals surface area (Å²) in [5.41, 5.74) is 2.66. The molecule has 0 saturated heterocycles. The van der Waals surface area contributed by atoms with E-state index in [0.717, 1.165) is 21.9 Å². The fourth-order valence-corrected chi connectivity index (χ4v) is 4.92. The van der Waals surface area contributed by atoms with E-state index in [-0.39, 0.29) is 0 Å². The van der Waals surface area contributed by atoms with Crippen LogP contribution < -0.4 is 5.46 Å². The van der Waals surface area contributed by atoms with Gasteiger partial charge in [-0.15, -0.1) is 11.3 Å². The van der Waals surface area contributed by atoms with Gasteiger partial charge in [0.1, 0.15) is 0 Å². The van der Waals surface area contributed by atoms with Gasteiger partial charge in [0.05, 0.1) is 0 Å². The zero-order valence-electron chi connectivity index (χ0n) is 13.9. The number of hydrogen-bond acceptors (Lipinski definition) is 3. The summed E-state index contributed by atoms with van der Waals surface area (Å²) in [6.07, 6.45) is 0. The molecule has 0 saturated carbocycles. The molecule has 0 amide bonds. The van der Waals surface area contributed by atoms with Crippen molar-refractivity contribution in [2.75, 3.05) is 0 Å². The molecule has 0 unspecified atom stereocenters. The van der Waals surface area contributed by atoms with Gasteiger partial charge in [-0.25, -0.2) is 0 Å². The Hall–Kier alpha value is -2.66. The quantitative estimate of drug-likeness (QED) is 0.457. The minimum Gasteiger partial charge on any atom is -0.423 e. The summed E-state index contributed by atoms with van der Waals surface area (Å²) in [4.78, 5) is 0. The molecule has 2 N–H and O–H groups in total. The van der Waals surface area contributed by atoms with Crippen LogP contribution in [0.1, 0.15) is 0 Å². The van der Waals surface area contributed by atoms with Crippen molar-refractivity contribution in [3.63, 3.8) is 0 Å². The van der Waals surface area contributed by atoms with Crippen molar-refractivity contribution < 1.29 is 10.0 Å². The molecule has 0 aliphatic rings. The zero-order valence-corrected chi connectivity index (χ0v) is 14.7. The predicted molar refractivity (Wildman–Crippen MR) is 112 cm³/mol. The van der Waals surface area contributed by atoms with Gasteiger partial charge in [0, 0.05) is 20.2 Å². The van der Waals surface area contributed by atoms with Crippen molar-refractivity contribution >= 4 is 54.9 Å². The maximum atomic E-state index is 9.88. The van der Waals surface area contributed by atoms with Gasteiger partial charge >= 0.3 is 7.12 Å². The van der Waals surface area contributed by atoms with Crippen molar-refractivity contribution in [3.05, 3.63) is 78.9 Å². The molecule has 0 bridgehead atoms. The van der Waals surface area contributed by atoms with E-state index in [1.807, 2.05) is 30.3 Å². The zero-order chi connectivity index (χ0) is 17.7. The fraction of sp³-hybridized carbons (Fsp3) is 0. The first-order valence-corrected chi connectivity index (χ1v) is 9.33. The predicted octanol–water partition coefficient (Wildman–Crippen LogP) is 4.55. The Labute approximate surface area is 155 Å². The lowest BCUT2D eigenvalue weighted by Gasteiger charge is -2.11. The molecule has 0 aliphatic carbocycles. The second kappa shape index (κ2) is 5.96. The summed E-state index contributed by atoms with van der Waals surface area (Å²) in [5, 5.41) is 24.1. The molecular formula is C22H15BO2S. The first-order valence-electron chi connectivity index (χ1n) is 8.52. The highest BCUT2D eigenvalue weighted by atomic mass is 32.1. The van der Waals surface area contributed by atoms with Crippen LogP contribution in [-0.4, -0.2) is 17.2 Å². The lowest BCUT2D eigenvalue weighted by Crippen LogP contribution is -2.30. The molecule has 26 heavy (non-hydrogen) atoms. The number of rotatable bonds is 2. The summed E-state index contributed by atoms with van der Waals surface area (Å²) in [6.45, 7) is 0. The van der Waals surface area contributed by atoms with Gasteiger partial charge in [0.2, 0.25) is 0 Å². The Morgan fingerprint density at radius 2 is 1.42 bits per heavy atom. The highest BCUT2D eigenvalue weighted by molar-refractivity contribution is 7.26. The van der Waals surface area contributed by atoms with Crippen LogP contribution in [0.3, 0.4) is 0 Å². The SMILES string of the molecule is OB(O)c1cc(-c2cccc3c2sc2ccccc23)cc2ccccc12. The van der Waals surface area contributed by atoms with Gasteiger partial charge in [0.15, 0.2) is 0 Å². The van der Waals surface area contributed by atoms with Crippen LogP contribution >= 0.6 is 11.3 Å². The van der Waals surface area contributed by atoms with E-state index in [1.165, 1.54) is 20.2 Å². The Kier molecular flexibility index (Phi) is 3.57. The Morgan fingerprint density at radius 3 is 2.27 bits per heavy atom. The van der Waals surface area contributed by atoms with E-state index in [0.29, 0.717) is 5.46 Å². The highest BCUT2D eigenvalue weighted by Crippen LogP contribution is 2.40. The number of benzene rings is 4. The molecule has 0 aliphatic heterocycles. The summed E-state index contributed by atoms with van der Waals surface area (Å²) in [7, 11) is -1.50. The molecule has 0 atom stereocenters. The van der Waals surface area contributed by atoms with Gasteiger partial charge in [-0.3, -0.25) is 0 Å². The molecule has 5 aromatic rings. The van der Waals surface area contributed by atoms with E-state index >= 15 is 0 Å². The van der Waals surface area contributed by atoms with E-state index < -0.39 is 7.12 Å². The number of hydrogen-bond donors (Lipinski definition) is 2. The van der Waals surface area contributed by atoms with Crippen molar-refractivity contribution in [2.24, 2.45) is 0 Å². The molecule has 1 aromatic heterocycles. The number of fused-ring (bicyclic) bond motifs is 4. The Bertz CT molecular complexity index is 1270. The minimum atomic E-state index is -1.50. The van der Waals surface area contributed by atoms with Crippen LogP contribution in [0.5, 0.6) is 0 Å². The summed E-state index contributed by atoms with van der Waals surface area (Å²) in [6, 6.07) is 26.6. The highest BCUT2D eigenvalue weighted by Gasteiger charge is 2.18. The first kappa shape index (κ1) is 15.6. The van der Waals surface area contributed by atoms with Gasteiger partial charge in [0.25, 0.3) is 0 Å². The van der Waals surface area contributed by atoms with Gasteiger partial charge < -0.3 is 10.0 Å². The third-order valence-corrected chi connectivity index (χ3v) is 6.11. The van der Waals surface area contributed by atoms with Crippen LogP contribution in [-0.2, 0) is 0 Å². The molecule has 4 aromatic carbocycles. The summed E-state index contributed by atoms with van der Waals surface area (Å²) < 4.78 is 2.49. The second-order valence-electron chi connectivity index (χ2n) is 6.44. The van der Waals surface area contributed by atoms with Crippen LogP contribution in [0.15, 0.2) is 78.9 Å². The van der Waals surface area contributed by atoms with Crippen molar-refractivity contribution in [2.45, 2.75) is 0 Å². The lowest BCUT2D eigenvalue weighted by atomic mass is 9.75. The lowest BCUT2D eigenvalue weighted by molar-refractivity contribution is 0.426. The molecule has 2 nitrogen and oxygen atoms in total. The van der Waals surface area contributed by atoms with E-state index in [4.69, 9.17) is 0 Å². The molecule has 5 rings (SSSR count). The van der Waals surface area contributed by atoms with Gasteiger partial charge in [-0.1, -0.05) is 66.7 Å². The molecule has 0 radical (unpaired) electrons. The van der Waals surface area contributed by atoms with E-state index in [1.54, 1.807) is 11.3 Å². The Morgan fingerprint density at radius 1 is 0.692 bits per heavy atom. The maximum Gasteiger partial charge on any atom is 0.489 e. The smallest absolute Gasteiger partial charge is 0.423 e. The maximum absolute atomic E-state index is 9.88. The monoisotopic (exact) mass is 354 g/mol. The van der Waals surface area contributed by atoms with Crippen LogP contribution in [0, 0.1) is 0 Å². The molecule has 124 valence electrons. The van der Waals surface area contributed by atoms with Gasteiger partial charge in [-0.05, 0) is 39.5 Å². The average Bonchev–Trinajstić information content (AvgIpc) is 3.05. The minimum absolute atomic E-state index is 0.538. The van der Waals surface area contributed by atoms with E-state index in [2.05, 4.69) is 48.5 Å². The molecule has 0 fully saturated rings. The third kappa shape index (κ3) is 2.35. The largest absolute Gasteiger partial charge is 0.489 e. The molecule has 0 spiro atoms. The molecule has 4 heteroatoms.